The highest BCUT2D eigenvalue weighted by atomic mass is 32.2. The fraction of sp³-hybridized carbons (Fsp3) is 0.444. The second kappa shape index (κ2) is 7.70. The van der Waals surface area contributed by atoms with E-state index in [0.717, 1.165) is 30.0 Å². The lowest BCUT2D eigenvalue weighted by Crippen LogP contribution is -2.43. The molecule has 3 rings (SSSR count). The van der Waals surface area contributed by atoms with Gasteiger partial charge in [-0.25, -0.2) is 13.1 Å². The van der Waals surface area contributed by atoms with Crippen molar-refractivity contribution in [1.29, 1.82) is 0 Å². The van der Waals surface area contributed by atoms with Crippen molar-refractivity contribution in [1.82, 2.24) is 9.62 Å². The second-order valence-corrected chi connectivity index (χ2v) is 8.04. The predicted octanol–water partition coefficient (Wildman–Crippen LogP) is 2.25. The number of benzene rings is 1. The number of furan rings is 1. The third-order valence-electron chi connectivity index (χ3n) is 4.46. The van der Waals surface area contributed by atoms with E-state index in [4.69, 9.17) is 9.15 Å². The molecule has 0 aliphatic carbocycles. The van der Waals surface area contributed by atoms with Gasteiger partial charge >= 0.3 is 0 Å². The lowest BCUT2D eigenvalue weighted by molar-refractivity contribution is 0.0128. The van der Waals surface area contributed by atoms with Gasteiger partial charge in [0.2, 0.25) is 10.0 Å². The van der Waals surface area contributed by atoms with Crippen molar-refractivity contribution in [2.45, 2.75) is 24.8 Å². The van der Waals surface area contributed by atoms with Crippen LogP contribution >= 0.6 is 0 Å². The maximum atomic E-state index is 12.8. The molecule has 0 bridgehead atoms. The van der Waals surface area contributed by atoms with Crippen molar-refractivity contribution in [2.75, 3.05) is 32.8 Å². The van der Waals surface area contributed by atoms with Gasteiger partial charge in [0.1, 0.15) is 5.76 Å². The fourth-order valence-corrected chi connectivity index (χ4v) is 4.41. The van der Waals surface area contributed by atoms with Crippen LogP contribution in [-0.4, -0.2) is 46.2 Å². The highest BCUT2D eigenvalue weighted by Crippen LogP contribution is 2.23. The zero-order valence-corrected chi connectivity index (χ0v) is 15.4. The lowest BCUT2D eigenvalue weighted by atomic mass is 10.2. The van der Waals surface area contributed by atoms with Crippen molar-refractivity contribution in [3.8, 4) is 0 Å². The second-order valence-electron chi connectivity index (χ2n) is 6.30. The van der Waals surface area contributed by atoms with Crippen LogP contribution in [0.1, 0.15) is 22.9 Å². The monoisotopic (exact) mass is 364 g/mol. The van der Waals surface area contributed by atoms with Crippen LogP contribution in [0.15, 0.2) is 45.9 Å². The van der Waals surface area contributed by atoms with Gasteiger partial charge in [0, 0.05) is 19.6 Å². The summed E-state index contributed by atoms with van der Waals surface area (Å²) in [7, 11) is -3.59. The summed E-state index contributed by atoms with van der Waals surface area (Å²) in [5.41, 5.74) is 1.65. The Morgan fingerprint density at radius 2 is 1.96 bits per heavy atom. The number of hydrogen-bond donors (Lipinski definition) is 1. The maximum absolute atomic E-state index is 12.8. The van der Waals surface area contributed by atoms with Crippen LogP contribution in [0, 0.1) is 13.8 Å². The number of morpholine rings is 1. The summed E-state index contributed by atoms with van der Waals surface area (Å²) in [6, 6.07) is 8.99. The molecule has 1 N–H and O–H groups in total. The number of sulfonamides is 1. The summed E-state index contributed by atoms with van der Waals surface area (Å²) >= 11 is 0. The average molecular weight is 364 g/mol. The van der Waals surface area contributed by atoms with E-state index in [9.17, 15) is 8.42 Å². The summed E-state index contributed by atoms with van der Waals surface area (Å²) in [6.07, 6.45) is 1.61. The first-order chi connectivity index (χ1) is 12.0. The predicted molar refractivity (Wildman–Crippen MR) is 94.9 cm³/mol. The summed E-state index contributed by atoms with van der Waals surface area (Å²) < 4.78 is 39.3. The third-order valence-corrected chi connectivity index (χ3v) is 6.02. The quantitative estimate of drug-likeness (QED) is 0.851. The summed E-state index contributed by atoms with van der Waals surface area (Å²) in [6.45, 7) is 6.72. The van der Waals surface area contributed by atoms with Crippen LogP contribution < -0.4 is 4.72 Å². The first-order valence-corrected chi connectivity index (χ1v) is 9.88. The molecule has 6 nitrogen and oxygen atoms in total. The van der Waals surface area contributed by atoms with Crippen molar-refractivity contribution in [3.05, 3.63) is 53.5 Å². The van der Waals surface area contributed by atoms with Gasteiger partial charge in [-0.15, -0.1) is 0 Å². The molecule has 1 unspecified atom stereocenters. The molecule has 0 amide bonds. The Morgan fingerprint density at radius 3 is 2.64 bits per heavy atom. The average Bonchev–Trinajstić information content (AvgIpc) is 3.12. The first kappa shape index (κ1) is 18.1. The van der Waals surface area contributed by atoms with E-state index >= 15 is 0 Å². The van der Waals surface area contributed by atoms with Crippen LogP contribution in [-0.2, 0) is 14.8 Å². The molecule has 25 heavy (non-hydrogen) atoms. The molecule has 0 radical (unpaired) electrons. The van der Waals surface area contributed by atoms with E-state index < -0.39 is 10.0 Å². The van der Waals surface area contributed by atoms with Crippen LogP contribution in [0.3, 0.4) is 0 Å². The van der Waals surface area contributed by atoms with Crippen LogP contribution in [0.4, 0.5) is 0 Å². The number of aryl methyl sites for hydroxylation is 2. The van der Waals surface area contributed by atoms with Gasteiger partial charge in [-0.1, -0.05) is 12.1 Å². The Hall–Kier alpha value is -1.67. The molecule has 7 heteroatoms. The topological polar surface area (TPSA) is 71.8 Å². The van der Waals surface area contributed by atoms with Crippen LogP contribution in [0.5, 0.6) is 0 Å². The highest BCUT2D eigenvalue weighted by molar-refractivity contribution is 7.89. The van der Waals surface area contributed by atoms with E-state index in [0.29, 0.717) is 18.1 Å². The molecule has 1 aromatic heterocycles. The summed E-state index contributed by atoms with van der Waals surface area (Å²) in [5, 5.41) is 0. The number of ether oxygens (including phenoxy) is 1. The highest BCUT2D eigenvalue weighted by Gasteiger charge is 2.27. The number of nitrogens with one attached hydrogen (secondary N) is 1. The zero-order valence-electron chi connectivity index (χ0n) is 14.6. The van der Waals surface area contributed by atoms with Crippen molar-refractivity contribution >= 4 is 10.0 Å². The molecule has 2 aromatic rings. The molecule has 1 aliphatic heterocycles. The van der Waals surface area contributed by atoms with Crippen molar-refractivity contribution in [3.63, 3.8) is 0 Å². The Balaban J connectivity index is 1.79. The molecule has 1 atom stereocenters. The smallest absolute Gasteiger partial charge is 0.240 e. The number of hydrogen-bond acceptors (Lipinski definition) is 5. The molecule has 136 valence electrons. The number of rotatable bonds is 6. The van der Waals surface area contributed by atoms with Crippen LogP contribution in [0.2, 0.25) is 0 Å². The van der Waals surface area contributed by atoms with E-state index in [-0.39, 0.29) is 12.6 Å². The standard InChI is InChI=1S/C18H24N2O4S/c1-14-5-6-15(2)18(12-14)25(21,22)19-13-16(17-4-3-9-24-17)20-7-10-23-11-8-20/h3-6,9,12,16,19H,7-8,10-11,13H2,1-2H3. The fourth-order valence-electron chi connectivity index (χ4n) is 3.04. The van der Waals surface area contributed by atoms with Crippen LogP contribution in [0.25, 0.3) is 0 Å². The lowest BCUT2D eigenvalue weighted by Gasteiger charge is -2.33. The SMILES string of the molecule is Cc1ccc(C)c(S(=O)(=O)NCC(c2ccco2)N2CCOCC2)c1. The molecule has 1 saturated heterocycles. The van der Waals surface area contributed by atoms with Crippen molar-refractivity contribution < 1.29 is 17.6 Å². The zero-order chi connectivity index (χ0) is 17.9. The van der Waals surface area contributed by atoms with Crippen molar-refractivity contribution in [2.24, 2.45) is 0 Å². The molecule has 1 fully saturated rings. The molecule has 0 spiro atoms. The first-order valence-electron chi connectivity index (χ1n) is 8.39. The van der Waals surface area contributed by atoms with E-state index in [1.165, 1.54) is 0 Å². The minimum atomic E-state index is -3.59. The molecule has 1 aliphatic rings. The number of nitrogens with zero attached hydrogens (tertiary/aromatic N) is 1. The Morgan fingerprint density at radius 1 is 1.20 bits per heavy atom. The van der Waals surface area contributed by atoms with Gasteiger partial charge in [-0.3, -0.25) is 4.90 Å². The minimum Gasteiger partial charge on any atom is -0.468 e. The Labute approximate surface area is 148 Å². The Bertz CT molecular complexity index is 796. The summed E-state index contributed by atoms with van der Waals surface area (Å²) in [4.78, 5) is 2.51. The normalized spacial score (nSPS) is 17.5. The van der Waals surface area contributed by atoms with Gasteiger partial charge in [-0.2, -0.15) is 0 Å². The summed E-state index contributed by atoms with van der Waals surface area (Å²) in [5.74, 6) is 0.755. The molecular weight excluding hydrogens is 340 g/mol. The van der Waals surface area contributed by atoms with Gasteiger partial charge in [-0.05, 0) is 43.2 Å². The van der Waals surface area contributed by atoms with Gasteiger partial charge < -0.3 is 9.15 Å². The van der Waals surface area contributed by atoms with Gasteiger partial charge in [0.25, 0.3) is 0 Å². The van der Waals surface area contributed by atoms with Gasteiger partial charge in [0.05, 0.1) is 30.4 Å². The van der Waals surface area contributed by atoms with E-state index in [2.05, 4.69) is 9.62 Å². The minimum absolute atomic E-state index is 0.154. The maximum Gasteiger partial charge on any atom is 0.240 e. The Kier molecular flexibility index (Phi) is 5.58. The molecular formula is C18H24N2O4S. The van der Waals surface area contributed by atoms with E-state index in [1.807, 2.05) is 31.2 Å². The molecule has 2 heterocycles. The van der Waals surface area contributed by atoms with E-state index in [1.54, 1.807) is 19.3 Å². The molecule has 1 aromatic carbocycles. The van der Waals surface area contributed by atoms with Gasteiger partial charge in [0.15, 0.2) is 0 Å². The largest absolute Gasteiger partial charge is 0.468 e. The third kappa shape index (κ3) is 4.30. The molecule has 0 saturated carbocycles.